The normalized spacial score (nSPS) is 20.0. The fourth-order valence-electron chi connectivity index (χ4n) is 5.07. The van der Waals surface area contributed by atoms with Gasteiger partial charge in [0.2, 0.25) is 5.91 Å². The number of carboxylic acids is 1. The Morgan fingerprint density at radius 2 is 1.74 bits per heavy atom. The standard InChI is InChI=1S/C27H32N2O6/c1-18(12-13-24(30)29-15-7-14-27(17-29,34-2)25(31)32)28-26(33)35-16-23-21-10-5-3-8-19(21)20-9-4-6-11-22(20)23/h3-6,8-11,18,23H,7,12-17H2,1-2H3,(H,28,33)(H,31,32). The number of hydrogen-bond donors (Lipinski definition) is 2. The number of ether oxygens (including phenoxy) is 2. The number of alkyl carbamates (subject to hydrolysis) is 1. The van der Waals surface area contributed by atoms with Gasteiger partial charge >= 0.3 is 12.1 Å². The molecule has 0 saturated carbocycles. The monoisotopic (exact) mass is 480 g/mol. The number of rotatable bonds is 8. The van der Waals surface area contributed by atoms with Crippen LogP contribution >= 0.6 is 0 Å². The molecule has 186 valence electrons. The molecule has 2 N–H and O–H groups in total. The van der Waals surface area contributed by atoms with E-state index in [1.54, 1.807) is 4.90 Å². The number of piperidine rings is 1. The highest BCUT2D eigenvalue weighted by Crippen LogP contribution is 2.44. The maximum absolute atomic E-state index is 12.7. The summed E-state index contributed by atoms with van der Waals surface area (Å²) in [7, 11) is 1.36. The number of carboxylic acid groups (broad SMARTS) is 1. The van der Waals surface area contributed by atoms with Gasteiger partial charge in [-0.05, 0) is 48.4 Å². The van der Waals surface area contributed by atoms with Crippen molar-refractivity contribution >= 4 is 18.0 Å². The maximum Gasteiger partial charge on any atom is 0.407 e. The molecule has 0 aromatic heterocycles. The summed E-state index contributed by atoms with van der Waals surface area (Å²) < 4.78 is 10.8. The summed E-state index contributed by atoms with van der Waals surface area (Å²) in [6, 6.07) is 16.0. The number of fused-ring (bicyclic) bond motifs is 3. The van der Waals surface area contributed by atoms with E-state index < -0.39 is 17.7 Å². The predicted molar refractivity (Wildman–Crippen MR) is 130 cm³/mol. The average molecular weight is 481 g/mol. The molecule has 2 aromatic carbocycles. The van der Waals surface area contributed by atoms with Crippen molar-refractivity contribution in [2.75, 3.05) is 26.8 Å². The average Bonchev–Trinajstić information content (AvgIpc) is 3.19. The molecule has 0 bridgehead atoms. The highest BCUT2D eigenvalue weighted by atomic mass is 16.5. The first-order chi connectivity index (χ1) is 16.8. The number of carbonyl (C=O) groups is 3. The van der Waals surface area contributed by atoms with Gasteiger partial charge in [0.15, 0.2) is 5.60 Å². The highest BCUT2D eigenvalue weighted by Gasteiger charge is 2.43. The van der Waals surface area contributed by atoms with Crippen LogP contribution < -0.4 is 5.32 Å². The van der Waals surface area contributed by atoms with Crippen molar-refractivity contribution in [1.82, 2.24) is 10.2 Å². The summed E-state index contributed by atoms with van der Waals surface area (Å²) >= 11 is 0. The van der Waals surface area contributed by atoms with Crippen LogP contribution in [0.15, 0.2) is 48.5 Å². The van der Waals surface area contributed by atoms with Crippen molar-refractivity contribution in [3.05, 3.63) is 59.7 Å². The minimum atomic E-state index is -1.35. The van der Waals surface area contributed by atoms with Crippen LogP contribution in [0.4, 0.5) is 4.79 Å². The van der Waals surface area contributed by atoms with Gasteiger partial charge in [0.25, 0.3) is 0 Å². The lowest BCUT2D eigenvalue weighted by Crippen LogP contribution is -2.55. The molecule has 1 saturated heterocycles. The Kier molecular flexibility index (Phi) is 7.40. The van der Waals surface area contributed by atoms with Crippen LogP contribution in [-0.2, 0) is 19.1 Å². The smallest absolute Gasteiger partial charge is 0.407 e. The Morgan fingerprint density at radius 3 is 2.34 bits per heavy atom. The summed E-state index contributed by atoms with van der Waals surface area (Å²) in [5, 5.41) is 12.3. The van der Waals surface area contributed by atoms with Crippen molar-refractivity contribution in [3.63, 3.8) is 0 Å². The second-order valence-corrected chi connectivity index (χ2v) is 9.33. The molecule has 0 radical (unpaired) electrons. The Labute approximate surface area is 205 Å². The molecule has 35 heavy (non-hydrogen) atoms. The lowest BCUT2D eigenvalue weighted by molar-refractivity contribution is -0.171. The minimum absolute atomic E-state index is 0.0144. The number of amides is 2. The van der Waals surface area contributed by atoms with E-state index in [4.69, 9.17) is 9.47 Å². The van der Waals surface area contributed by atoms with E-state index in [1.165, 1.54) is 18.2 Å². The van der Waals surface area contributed by atoms with Crippen molar-refractivity contribution in [1.29, 1.82) is 0 Å². The van der Waals surface area contributed by atoms with Crippen molar-refractivity contribution in [2.24, 2.45) is 0 Å². The number of aliphatic carboxylic acids is 1. The molecule has 4 rings (SSSR count). The van der Waals surface area contributed by atoms with E-state index in [2.05, 4.69) is 29.6 Å². The molecular formula is C27H32N2O6. The van der Waals surface area contributed by atoms with Crippen molar-refractivity contribution < 1.29 is 29.0 Å². The van der Waals surface area contributed by atoms with Crippen LogP contribution in [0.3, 0.4) is 0 Å². The number of likely N-dealkylation sites (tertiary alicyclic amines) is 1. The highest BCUT2D eigenvalue weighted by molar-refractivity contribution is 5.82. The third kappa shape index (κ3) is 5.17. The molecule has 1 fully saturated rings. The predicted octanol–water partition coefficient (Wildman–Crippen LogP) is 3.79. The third-order valence-electron chi connectivity index (χ3n) is 7.09. The zero-order chi connectivity index (χ0) is 25.0. The van der Waals surface area contributed by atoms with E-state index in [9.17, 15) is 19.5 Å². The number of carbonyl (C=O) groups excluding carboxylic acids is 2. The molecule has 1 aliphatic heterocycles. The largest absolute Gasteiger partial charge is 0.479 e. The van der Waals surface area contributed by atoms with Crippen LogP contribution in [0.1, 0.15) is 49.7 Å². The van der Waals surface area contributed by atoms with Crippen LogP contribution in [0.25, 0.3) is 11.1 Å². The second kappa shape index (κ2) is 10.5. The summed E-state index contributed by atoms with van der Waals surface area (Å²) in [5.74, 6) is -1.21. The number of nitrogens with one attached hydrogen (secondary N) is 1. The summed E-state index contributed by atoms with van der Waals surface area (Å²) in [6.45, 7) is 2.59. The first-order valence-corrected chi connectivity index (χ1v) is 12.0. The first-order valence-electron chi connectivity index (χ1n) is 12.0. The van der Waals surface area contributed by atoms with Gasteiger partial charge in [0, 0.05) is 32.0 Å². The lowest BCUT2D eigenvalue weighted by atomic mass is 9.92. The van der Waals surface area contributed by atoms with E-state index in [0.717, 1.165) is 11.1 Å². The Hall–Kier alpha value is -3.39. The van der Waals surface area contributed by atoms with Gasteiger partial charge in [-0.1, -0.05) is 48.5 Å². The van der Waals surface area contributed by atoms with Gasteiger partial charge in [0.05, 0.1) is 6.54 Å². The van der Waals surface area contributed by atoms with Crippen LogP contribution in [-0.4, -0.2) is 66.4 Å². The van der Waals surface area contributed by atoms with Gasteiger partial charge in [-0.15, -0.1) is 0 Å². The van der Waals surface area contributed by atoms with Gasteiger partial charge in [0.1, 0.15) is 6.61 Å². The fourth-order valence-corrected chi connectivity index (χ4v) is 5.07. The molecule has 2 unspecified atom stereocenters. The fraction of sp³-hybridized carbons (Fsp3) is 0.444. The molecule has 1 aliphatic carbocycles. The summed E-state index contributed by atoms with van der Waals surface area (Å²) in [6.07, 6.45) is 1.05. The van der Waals surface area contributed by atoms with Crippen LogP contribution in [0.2, 0.25) is 0 Å². The summed E-state index contributed by atoms with van der Waals surface area (Å²) in [4.78, 5) is 38.3. The Bertz CT molecular complexity index is 1060. The van der Waals surface area contributed by atoms with Crippen LogP contribution in [0, 0.1) is 0 Å². The Balaban J connectivity index is 1.26. The van der Waals surface area contributed by atoms with Crippen molar-refractivity contribution in [3.8, 4) is 11.1 Å². The van der Waals surface area contributed by atoms with Gasteiger partial charge in [-0.25, -0.2) is 9.59 Å². The first kappa shape index (κ1) is 24.7. The SMILES string of the molecule is COC1(C(=O)O)CCCN(C(=O)CCC(C)NC(=O)OCC2c3ccccc3-c3ccccc32)C1. The number of methoxy groups -OCH3 is 1. The molecular weight excluding hydrogens is 448 g/mol. The minimum Gasteiger partial charge on any atom is -0.479 e. The quantitative estimate of drug-likeness (QED) is 0.596. The van der Waals surface area contributed by atoms with Crippen molar-refractivity contribution in [2.45, 2.75) is 50.2 Å². The second-order valence-electron chi connectivity index (χ2n) is 9.33. The lowest BCUT2D eigenvalue weighted by Gasteiger charge is -2.38. The Morgan fingerprint density at radius 1 is 1.11 bits per heavy atom. The molecule has 2 amide bonds. The van der Waals surface area contributed by atoms with Gasteiger partial charge < -0.3 is 24.8 Å². The maximum atomic E-state index is 12.7. The van der Waals surface area contributed by atoms with E-state index >= 15 is 0 Å². The van der Waals surface area contributed by atoms with E-state index in [-0.39, 0.29) is 37.4 Å². The molecule has 2 aromatic rings. The molecule has 8 nitrogen and oxygen atoms in total. The topological polar surface area (TPSA) is 105 Å². The number of benzene rings is 2. The zero-order valence-corrected chi connectivity index (χ0v) is 20.2. The van der Waals surface area contributed by atoms with Crippen LogP contribution in [0.5, 0.6) is 0 Å². The van der Waals surface area contributed by atoms with Gasteiger partial charge in [-0.3, -0.25) is 4.79 Å². The third-order valence-corrected chi connectivity index (χ3v) is 7.09. The molecule has 2 atom stereocenters. The molecule has 2 aliphatic rings. The molecule has 1 heterocycles. The van der Waals surface area contributed by atoms with Gasteiger partial charge in [-0.2, -0.15) is 0 Å². The number of nitrogens with zero attached hydrogens (tertiary/aromatic N) is 1. The summed E-state index contributed by atoms with van der Waals surface area (Å²) in [5.41, 5.74) is 3.29. The molecule has 0 spiro atoms. The van der Waals surface area contributed by atoms with E-state index in [0.29, 0.717) is 25.8 Å². The van der Waals surface area contributed by atoms with E-state index in [1.807, 2.05) is 31.2 Å². The zero-order valence-electron chi connectivity index (χ0n) is 20.2. The number of hydrogen-bond acceptors (Lipinski definition) is 5. The molecule has 8 heteroatoms.